The van der Waals surface area contributed by atoms with Crippen LogP contribution in [0.15, 0.2) is 48.5 Å². The molecule has 6 heteroatoms. The van der Waals surface area contributed by atoms with Crippen molar-refractivity contribution in [2.75, 3.05) is 30.9 Å². The normalized spacial score (nSPS) is 10.1. The molecule has 0 heterocycles. The van der Waals surface area contributed by atoms with Crippen molar-refractivity contribution in [3.05, 3.63) is 54.1 Å². The Hall–Kier alpha value is -3.02. The lowest BCUT2D eigenvalue weighted by atomic mass is 10.1. The Morgan fingerprint density at radius 2 is 1.88 bits per heavy atom. The van der Waals surface area contributed by atoms with Gasteiger partial charge in [-0.15, -0.1) is 0 Å². The quantitative estimate of drug-likeness (QED) is 0.675. The number of rotatable bonds is 9. The van der Waals surface area contributed by atoms with Gasteiger partial charge < -0.3 is 20.1 Å². The van der Waals surface area contributed by atoms with Crippen LogP contribution in [0.2, 0.25) is 0 Å². The summed E-state index contributed by atoms with van der Waals surface area (Å²) in [6, 6.07) is 15.0. The van der Waals surface area contributed by atoms with Crippen molar-refractivity contribution >= 4 is 23.3 Å². The summed E-state index contributed by atoms with van der Waals surface area (Å²) in [6.45, 7) is 2.38. The summed E-state index contributed by atoms with van der Waals surface area (Å²) in [5.74, 6) is 0.101. The van der Waals surface area contributed by atoms with E-state index >= 15 is 0 Å². The van der Waals surface area contributed by atoms with Crippen molar-refractivity contribution < 1.29 is 19.1 Å². The molecule has 0 aromatic heterocycles. The van der Waals surface area contributed by atoms with E-state index in [4.69, 9.17) is 4.74 Å². The van der Waals surface area contributed by atoms with Gasteiger partial charge in [-0.2, -0.15) is 0 Å². The Morgan fingerprint density at radius 1 is 1.08 bits per heavy atom. The molecule has 138 valence electrons. The van der Waals surface area contributed by atoms with E-state index in [1.54, 1.807) is 6.07 Å². The zero-order chi connectivity index (χ0) is 18.8. The van der Waals surface area contributed by atoms with Crippen molar-refractivity contribution in [1.29, 1.82) is 0 Å². The second-order valence-electron chi connectivity index (χ2n) is 5.63. The Balaban J connectivity index is 1.88. The van der Waals surface area contributed by atoms with Gasteiger partial charge in [0.25, 0.3) is 0 Å². The Labute approximate surface area is 153 Å². The molecule has 2 aromatic rings. The average molecular weight is 356 g/mol. The Kier molecular flexibility index (Phi) is 7.49. The van der Waals surface area contributed by atoms with Crippen LogP contribution in [0.4, 0.5) is 11.4 Å². The molecule has 0 radical (unpaired) electrons. The highest BCUT2D eigenvalue weighted by atomic mass is 16.5. The van der Waals surface area contributed by atoms with Crippen LogP contribution in [0, 0.1) is 0 Å². The standard InChI is InChI=1S/C20H24N2O4/c1-3-15-7-6-8-16(13-15)22-19(23)14-21-17-9-4-5-10-18(17)26-12-11-20(24)25-2/h4-10,13,21H,3,11-12,14H2,1-2H3,(H,22,23). The molecule has 0 aliphatic heterocycles. The second kappa shape index (κ2) is 10.1. The molecule has 2 N–H and O–H groups in total. The van der Waals surface area contributed by atoms with Crippen LogP contribution in [-0.2, 0) is 20.7 Å². The number of esters is 1. The lowest BCUT2D eigenvalue weighted by Crippen LogP contribution is -2.22. The summed E-state index contributed by atoms with van der Waals surface area (Å²) in [7, 11) is 1.34. The number of hydrogen-bond donors (Lipinski definition) is 2. The SMILES string of the molecule is CCc1cccc(NC(=O)CNc2ccccc2OCCC(=O)OC)c1. The molecule has 0 atom stereocenters. The third-order valence-electron chi connectivity index (χ3n) is 3.74. The first-order valence-electron chi connectivity index (χ1n) is 8.53. The predicted octanol–water partition coefficient (Wildman–Crippen LogP) is 3.24. The van der Waals surface area contributed by atoms with Crippen molar-refractivity contribution in [1.82, 2.24) is 0 Å². The number of aryl methyl sites for hydroxylation is 1. The molecular weight excluding hydrogens is 332 g/mol. The number of nitrogens with one attached hydrogen (secondary N) is 2. The Bertz CT molecular complexity index is 746. The van der Waals surface area contributed by atoms with Crippen LogP contribution >= 0.6 is 0 Å². The highest BCUT2D eigenvalue weighted by Gasteiger charge is 2.08. The zero-order valence-corrected chi connectivity index (χ0v) is 15.1. The monoisotopic (exact) mass is 356 g/mol. The fourth-order valence-electron chi connectivity index (χ4n) is 2.33. The lowest BCUT2D eigenvalue weighted by molar-refractivity contribution is -0.141. The number of anilines is 2. The topological polar surface area (TPSA) is 76.7 Å². The molecule has 0 saturated carbocycles. The molecule has 0 saturated heterocycles. The fourth-order valence-corrected chi connectivity index (χ4v) is 2.33. The maximum absolute atomic E-state index is 12.2. The molecule has 0 bridgehead atoms. The number of carbonyl (C=O) groups excluding carboxylic acids is 2. The first-order chi connectivity index (χ1) is 12.6. The minimum Gasteiger partial charge on any atom is -0.491 e. The first kappa shape index (κ1) is 19.3. The van der Waals surface area contributed by atoms with E-state index in [2.05, 4.69) is 22.3 Å². The molecule has 26 heavy (non-hydrogen) atoms. The van der Waals surface area contributed by atoms with Gasteiger partial charge >= 0.3 is 5.97 Å². The third kappa shape index (κ3) is 6.12. The predicted molar refractivity (Wildman–Crippen MR) is 102 cm³/mol. The van der Waals surface area contributed by atoms with E-state index in [9.17, 15) is 9.59 Å². The second-order valence-corrected chi connectivity index (χ2v) is 5.63. The van der Waals surface area contributed by atoms with E-state index in [0.717, 1.165) is 12.1 Å². The molecule has 2 rings (SSSR count). The van der Waals surface area contributed by atoms with Crippen LogP contribution in [0.25, 0.3) is 0 Å². The van der Waals surface area contributed by atoms with Gasteiger partial charge in [0.15, 0.2) is 0 Å². The number of carbonyl (C=O) groups is 2. The van der Waals surface area contributed by atoms with Crippen LogP contribution in [-0.4, -0.2) is 32.1 Å². The maximum atomic E-state index is 12.2. The van der Waals surface area contributed by atoms with Gasteiger partial charge in [0.2, 0.25) is 5.91 Å². The molecule has 0 unspecified atom stereocenters. The number of hydrogen-bond acceptors (Lipinski definition) is 5. The fraction of sp³-hybridized carbons (Fsp3) is 0.300. The molecule has 0 fully saturated rings. The minimum absolute atomic E-state index is 0.105. The molecule has 6 nitrogen and oxygen atoms in total. The van der Waals surface area contributed by atoms with Crippen LogP contribution in [0.3, 0.4) is 0 Å². The summed E-state index contributed by atoms with van der Waals surface area (Å²) in [6.07, 6.45) is 1.08. The molecule has 0 spiro atoms. The van der Waals surface area contributed by atoms with Crippen molar-refractivity contribution in [3.63, 3.8) is 0 Å². The van der Waals surface area contributed by atoms with Gasteiger partial charge in [0.05, 0.1) is 32.4 Å². The van der Waals surface area contributed by atoms with E-state index in [1.165, 1.54) is 12.7 Å². The smallest absolute Gasteiger partial charge is 0.308 e. The summed E-state index contributed by atoms with van der Waals surface area (Å²) >= 11 is 0. The van der Waals surface area contributed by atoms with E-state index in [-0.39, 0.29) is 31.4 Å². The van der Waals surface area contributed by atoms with Gasteiger partial charge in [-0.1, -0.05) is 31.2 Å². The van der Waals surface area contributed by atoms with Crippen LogP contribution < -0.4 is 15.4 Å². The minimum atomic E-state index is -0.330. The third-order valence-corrected chi connectivity index (χ3v) is 3.74. The van der Waals surface area contributed by atoms with E-state index < -0.39 is 0 Å². The number of amides is 1. The number of ether oxygens (including phenoxy) is 2. The van der Waals surface area contributed by atoms with Gasteiger partial charge in [0, 0.05) is 5.69 Å². The molecule has 2 aromatic carbocycles. The molecular formula is C20H24N2O4. The van der Waals surface area contributed by atoms with Gasteiger partial charge in [-0.25, -0.2) is 0 Å². The highest BCUT2D eigenvalue weighted by molar-refractivity contribution is 5.94. The number of benzene rings is 2. The van der Waals surface area contributed by atoms with Crippen LogP contribution in [0.5, 0.6) is 5.75 Å². The highest BCUT2D eigenvalue weighted by Crippen LogP contribution is 2.23. The average Bonchev–Trinajstić information content (AvgIpc) is 2.67. The summed E-state index contributed by atoms with van der Waals surface area (Å²) in [5, 5.41) is 5.93. The molecule has 1 amide bonds. The zero-order valence-electron chi connectivity index (χ0n) is 15.1. The van der Waals surface area contributed by atoms with Crippen molar-refractivity contribution in [2.45, 2.75) is 19.8 Å². The summed E-state index contributed by atoms with van der Waals surface area (Å²) in [5.41, 5.74) is 2.63. The first-order valence-corrected chi connectivity index (χ1v) is 8.53. The largest absolute Gasteiger partial charge is 0.491 e. The number of methoxy groups -OCH3 is 1. The molecule has 0 aliphatic carbocycles. The number of para-hydroxylation sites is 2. The van der Waals surface area contributed by atoms with E-state index in [0.29, 0.717) is 11.4 Å². The Morgan fingerprint density at radius 3 is 2.65 bits per heavy atom. The molecule has 0 aliphatic rings. The maximum Gasteiger partial charge on any atom is 0.308 e. The van der Waals surface area contributed by atoms with E-state index in [1.807, 2.05) is 42.5 Å². The van der Waals surface area contributed by atoms with Gasteiger partial charge in [-0.3, -0.25) is 9.59 Å². The van der Waals surface area contributed by atoms with Gasteiger partial charge in [-0.05, 0) is 36.2 Å². The van der Waals surface area contributed by atoms with Crippen molar-refractivity contribution in [2.24, 2.45) is 0 Å². The van der Waals surface area contributed by atoms with Gasteiger partial charge in [0.1, 0.15) is 5.75 Å². The summed E-state index contributed by atoms with van der Waals surface area (Å²) < 4.78 is 10.2. The van der Waals surface area contributed by atoms with Crippen LogP contribution in [0.1, 0.15) is 18.9 Å². The van der Waals surface area contributed by atoms with Crippen molar-refractivity contribution in [3.8, 4) is 5.75 Å². The summed E-state index contributed by atoms with van der Waals surface area (Å²) in [4.78, 5) is 23.3. The lowest BCUT2D eigenvalue weighted by Gasteiger charge is -2.13.